The van der Waals surface area contributed by atoms with Crippen LogP contribution in [0.15, 0.2) is 42.5 Å². The predicted octanol–water partition coefficient (Wildman–Crippen LogP) is 3.55. The van der Waals surface area contributed by atoms with Crippen molar-refractivity contribution < 1.29 is 4.39 Å². The van der Waals surface area contributed by atoms with Crippen LogP contribution in [0.2, 0.25) is 5.02 Å². The standard InChI is InChI=1S/C14H14ClFN2/c15-13-7-12(4-5-14(13)16)18-9-11-3-1-2-10(6-11)8-17/h1-7,18H,8-9,17H2. The first-order valence-corrected chi connectivity index (χ1v) is 6.03. The molecular formula is C14H14ClFN2. The lowest BCUT2D eigenvalue weighted by molar-refractivity contribution is 0.628. The summed E-state index contributed by atoms with van der Waals surface area (Å²) in [6.07, 6.45) is 0. The monoisotopic (exact) mass is 264 g/mol. The van der Waals surface area contributed by atoms with Crippen molar-refractivity contribution in [1.29, 1.82) is 0 Å². The van der Waals surface area contributed by atoms with Gasteiger partial charge in [0.05, 0.1) is 5.02 Å². The summed E-state index contributed by atoms with van der Waals surface area (Å²) in [6, 6.07) is 12.6. The van der Waals surface area contributed by atoms with Gasteiger partial charge in [-0.3, -0.25) is 0 Å². The highest BCUT2D eigenvalue weighted by molar-refractivity contribution is 6.31. The molecule has 2 nitrogen and oxygen atoms in total. The highest BCUT2D eigenvalue weighted by Crippen LogP contribution is 2.20. The number of hydrogen-bond acceptors (Lipinski definition) is 2. The molecule has 18 heavy (non-hydrogen) atoms. The number of benzene rings is 2. The van der Waals surface area contributed by atoms with Gasteiger partial charge in [0.2, 0.25) is 0 Å². The number of rotatable bonds is 4. The topological polar surface area (TPSA) is 38.0 Å². The zero-order chi connectivity index (χ0) is 13.0. The van der Waals surface area contributed by atoms with Gasteiger partial charge in [-0.1, -0.05) is 35.9 Å². The summed E-state index contributed by atoms with van der Waals surface area (Å²) < 4.78 is 13.0. The van der Waals surface area contributed by atoms with Crippen LogP contribution in [-0.4, -0.2) is 0 Å². The molecule has 0 aliphatic carbocycles. The van der Waals surface area contributed by atoms with E-state index < -0.39 is 5.82 Å². The second kappa shape index (κ2) is 5.85. The first-order chi connectivity index (χ1) is 8.69. The molecule has 0 spiro atoms. The van der Waals surface area contributed by atoms with E-state index in [-0.39, 0.29) is 5.02 Å². The summed E-state index contributed by atoms with van der Waals surface area (Å²) in [5.74, 6) is -0.410. The van der Waals surface area contributed by atoms with E-state index in [9.17, 15) is 4.39 Å². The molecule has 2 aromatic carbocycles. The highest BCUT2D eigenvalue weighted by Gasteiger charge is 2.01. The number of halogens is 2. The maximum Gasteiger partial charge on any atom is 0.141 e. The van der Waals surface area contributed by atoms with Gasteiger partial charge < -0.3 is 11.1 Å². The Hall–Kier alpha value is -1.58. The van der Waals surface area contributed by atoms with E-state index in [0.717, 1.165) is 16.8 Å². The lowest BCUT2D eigenvalue weighted by Gasteiger charge is -2.08. The smallest absolute Gasteiger partial charge is 0.141 e. The summed E-state index contributed by atoms with van der Waals surface area (Å²) in [5, 5.41) is 3.31. The van der Waals surface area contributed by atoms with Gasteiger partial charge in [-0.15, -0.1) is 0 Å². The first-order valence-electron chi connectivity index (χ1n) is 5.66. The van der Waals surface area contributed by atoms with Gasteiger partial charge in [0.1, 0.15) is 5.82 Å². The summed E-state index contributed by atoms with van der Waals surface area (Å²) in [5.41, 5.74) is 8.59. The van der Waals surface area contributed by atoms with Crippen LogP contribution in [0, 0.1) is 5.82 Å². The van der Waals surface area contributed by atoms with Gasteiger partial charge in [0.15, 0.2) is 0 Å². The second-order valence-electron chi connectivity index (χ2n) is 4.01. The van der Waals surface area contributed by atoms with Crippen molar-refractivity contribution in [2.24, 2.45) is 5.73 Å². The van der Waals surface area contributed by atoms with Crippen LogP contribution in [-0.2, 0) is 13.1 Å². The minimum atomic E-state index is -0.410. The fraction of sp³-hybridized carbons (Fsp3) is 0.143. The molecule has 0 radical (unpaired) electrons. The van der Waals surface area contributed by atoms with Crippen molar-refractivity contribution in [3.05, 3.63) is 64.4 Å². The first kappa shape index (κ1) is 12.9. The molecule has 0 heterocycles. The molecule has 94 valence electrons. The van der Waals surface area contributed by atoms with Gasteiger partial charge in [-0.2, -0.15) is 0 Å². The lowest BCUT2D eigenvalue weighted by atomic mass is 10.1. The van der Waals surface area contributed by atoms with E-state index in [2.05, 4.69) is 5.32 Å². The zero-order valence-corrected chi connectivity index (χ0v) is 10.5. The van der Waals surface area contributed by atoms with Crippen LogP contribution in [0.3, 0.4) is 0 Å². The van der Waals surface area contributed by atoms with Gasteiger partial charge in [0, 0.05) is 18.8 Å². The van der Waals surface area contributed by atoms with Crippen LogP contribution < -0.4 is 11.1 Å². The van der Waals surface area contributed by atoms with E-state index in [4.69, 9.17) is 17.3 Å². The van der Waals surface area contributed by atoms with Crippen LogP contribution in [0.4, 0.5) is 10.1 Å². The van der Waals surface area contributed by atoms with Crippen LogP contribution in [0.25, 0.3) is 0 Å². The fourth-order valence-corrected chi connectivity index (χ4v) is 1.86. The summed E-state index contributed by atoms with van der Waals surface area (Å²) in [6.45, 7) is 1.17. The van der Waals surface area contributed by atoms with Crippen molar-refractivity contribution in [2.45, 2.75) is 13.1 Å². The van der Waals surface area contributed by atoms with Gasteiger partial charge in [-0.25, -0.2) is 4.39 Å². The number of nitrogens with one attached hydrogen (secondary N) is 1. The molecule has 4 heteroatoms. The van der Waals surface area contributed by atoms with Crippen molar-refractivity contribution in [2.75, 3.05) is 5.32 Å². The van der Waals surface area contributed by atoms with Gasteiger partial charge in [-0.05, 0) is 29.3 Å². The summed E-state index contributed by atoms with van der Waals surface area (Å²) in [4.78, 5) is 0. The number of nitrogens with two attached hydrogens (primary N) is 1. The minimum absolute atomic E-state index is 0.121. The van der Waals surface area contributed by atoms with Crippen LogP contribution in [0.5, 0.6) is 0 Å². The number of hydrogen-bond donors (Lipinski definition) is 2. The molecule has 0 aliphatic rings. The molecule has 2 aromatic rings. The Labute approximate surface area is 111 Å². The predicted molar refractivity (Wildman–Crippen MR) is 73.1 cm³/mol. The molecule has 0 fully saturated rings. The Kier molecular flexibility index (Phi) is 4.18. The Bertz CT molecular complexity index is 543. The maximum absolute atomic E-state index is 13.0. The largest absolute Gasteiger partial charge is 0.381 e. The molecule has 0 aliphatic heterocycles. The van der Waals surface area contributed by atoms with E-state index in [1.165, 1.54) is 6.07 Å². The lowest BCUT2D eigenvalue weighted by Crippen LogP contribution is -2.02. The second-order valence-corrected chi connectivity index (χ2v) is 4.41. The molecule has 0 saturated heterocycles. The maximum atomic E-state index is 13.0. The summed E-state index contributed by atoms with van der Waals surface area (Å²) in [7, 11) is 0. The molecule has 0 atom stereocenters. The highest BCUT2D eigenvalue weighted by atomic mass is 35.5. The molecule has 0 amide bonds. The fourth-order valence-electron chi connectivity index (χ4n) is 1.68. The quantitative estimate of drug-likeness (QED) is 0.886. The Morgan fingerprint density at radius 2 is 1.89 bits per heavy atom. The normalized spacial score (nSPS) is 10.4. The molecule has 0 unspecified atom stereocenters. The third-order valence-corrected chi connectivity index (χ3v) is 2.93. The van der Waals surface area contributed by atoms with Crippen molar-refractivity contribution in [3.8, 4) is 0 Å². The van der Waals surface area contributed by atoms with Gasteiger partial charge in [0.25, 0.3) is 0 Å². The van der Waals surface area contributed by atoms with Crippen molar-refractivity contribution >= 4 is 17.3 Å². The SMILES string of the molecule is NCc1cccc(CNc2ccc(F)c(Cl)c2)c1. The summed E-state index contributed by atoms with van der Waals surface area (Å²) >= 11 is 5.71. The molecule has 2 rings (SSSR count). The molecule has 0 bridgehead atoms. The van der Waals surface area contributed by atoms with Crippen LogP contribution >= 0.6 is 11.6 Å². The number of anilines is 1. The molecule has 0 saturated carbocycles. The zero-order valence-electron chi connectivity index (χ0n) is 9.79. The minimum Gasteiger partial charge on any atom is -0.381 e. The molecular weight excluding hydrogens is 251 g/mol. The Balaban J connectivity index is 2.04. The average molecular weight is 265 g/mol. The van der Waals surface area contributed by atoms with E-state index in [0.29, 0.717) is 13.1 Å². The van der Waals surface area contributed by atoms with Crippen molar-refractivity contribution in [1.82, 2.24) is 0 Å². The average Bonchev–Trinajstić information content (AvgIpc) is 2.40. The van der Waals surface area contributed by atoms with Gasteiger partial charge >= 0.3 is 0 Å². The molecule has 3 N–H and O–H groups in total. The van der Waals surface area contributed by atoms with E-state index in [1.54, 1.807) is 12.1 Å². The van der Waals surface area contributed by atoms with E-state index in [1.807, 2.05) is 24.3 Å². The van der Waals surface area contributed by atoms with Crippen LogP contribution in [0.1, 0.15) is 11.1 Å². The third-order valence-electron chi connectivity index (χ3n) is 2.64. The van der Waals surface area contributed by atoms with Crippen molar-refractivity contribution in [3.63, 3.8) is 0 Å². The Morgan fingerprint density at radius 3 is 2.61 bits per heavy atom. The van der Waals surface area contributed by atoms with E-state index >= 15 is 0 Å². The molecule has 0 aromatic heterocycles. The third kappa shape index (κ3) is 3.22. The Morgan fingerprint density at radius 1 is 1.11 bits per heavy atom.